The minimum absolute atomic E-state index is 0.383. The normalized spacial score (nSPS) is 12.4. The van der Waals surface area contributed by atoms with Gasteiger partial charge in [-0.15, -0.1) is 0 Å². The summed E-state index contributed by atoms with van der Waals surface area (Å²) in [7, 11) is 0. The van der Waals surface area contributed by atoms with Gasteiger partial charge in [-0.2, -0.15) is 0 Å². The molecular formula is C16H12O2. The van der Waals surface area contributed by atoms with Crippen molar-refractivity contribution in [3.63, 3.8) is 0 Å². The minimum Gasteiger partial charge on any atom is -0.423 e. The fourth-order valence-corrected chi connectivity index (χ4v) is 2.19. The molecule has 0 unspecified atom stereocenters. The molecule has 0 saturated carbocycles. The zero-order valence-electron chi connectivity index (χ0n) is 10.1. The number of benzene rings is 2. The van der Waals surface area contributed by atoms with E-state index in [9.17, 15) is 4.79 Å². The lowest BCUT2D eigenvalue weighted by atomic mass is 10.0. The maximum absolute atomic E-state index is 11.6. The molecule has 18 heavy (non-hydrogen) atoms. The average molecular weight is 236 g/mol. The Morgan fingerprint density at radius 3 is 2.61 bits per heavy atom. The summed E-state index contributed by atoms with van der Waals surface area (Å²) in [6.45, 7) is 5.24. The van der Waals surface area contributed by atoms with Gasteiger partial charge in [0.1, 0.15) is 5.76 Å². The molecule has 2 nitrogen and oxygen atoms in total. The van der Waals surface area contributed by atoms with Crippen LogP contribution in [0.2, 0.25) is 0 Å². The Labute approximate surface area is 105 Å². The van der Waals surface area contributed by atoms with Gasteiger partial charge in [0.15, 0.2) is 0 Å². The van der Waals surface area contributed by atoms with Crippen molar-refractivity contribution in [3.8, 4) is 0 Å². The van der Waals surface area contributed by atoms with Gasteiger partial charge in [-0.1, -0.05) is 43.0 Å². The van der Waals surface area contributed by atoms with E-state index in [1.165, 1.54) is 0 Å². The van der Waals surface area contributed by atoms with E-state index in [1.807, 2.05) is 30.3 Å². The van der Waals surface area contributed by atoms with Crippen LogP contribution < -0.4 is 0 Å². The molecular weight excluding hydrogens is 224 g/mol. The molecule has 0 heterocycles. The first-order valence-corrected chi connectivity index (χ1v) is 5.78. The minimum atomic E-state index is -0.383. The Hall–Kier alpha value is -2.35. The summed E-state index contributed by atoms with van der Waals surface area (Å²) in [5.74, 6) is 0.223. The fraction of sp³-hybridized carbons (Fsp3) is 0.0625. The Morgan fingerprint density at radius 1 is 1.17 bits per heavy atom. The quantitative estimate of drug-likeness (QED) is 0.586. The maximum atomic E-state index is 11.6. The predicted octanol–water partition coefficient (Wildman–Crippen LogP) is 3.77. The van der Waals surface area contributed by atoms with E-state index < -0.39 is 0 Å². The van der Waals surface area contributed by atoms with Crippen LogP contribution in [0.4, 0.5) is 0 Å². The molecule has 0 bridgehead atoms. The molecule has 0 spiro atoms. The molecule has 1 aliphatic rings. The summed E-state index contributed by atoms with van der Waals surface area (Å²) in [5, 5.41) is 2.30. The van der Waals surface area contributed by atoms with Crippen molar-refractivity contribution >= 4 is 28.6 Å². The molecule has 2 aromatic carbocycles. The fourth-order valence-electron chi connectivity index (χ4n) is 2.19. The average Bonchev–Trinajstić information content (AvgIpc) is 2.70. The van der Waals surface area contributed by atoms with Crippen molar-refractivity contribution in [2.75, 3.05) is 0 Å². The first kappa shape index (κ1) is 10.8. The van der Waals surface area contributed by atoms with Crippen LogP contribution in [0.25, 0.3) is 22.6 Å². The van der Waals surface area contributed by atoms with E-state index >= 15 is 0 Å². The van der Waals surface area contributed by atoms with Crippen LogP contribution in [0.15, 0.2) is 48.6 Å². The summed E-state index contributed by atoms with van der Waals surface area (Å²) < 4.78 is 5.37. The largest absolute Gasteiger partial charge is 0.423 e. The second-order valence-electron chi connectivity index (χ2n) is 4.43. The molecule has 0 atom stereocenters. The van der Waals surface area contributed by atoms with Gasteiger partial charge in [-0.3, -0.25) is 0 Å². The van der Waals surface area contributed by atoms with Gasteiger partial charge in [0.2, 0.25) is 0 Å². The zero-order chi connectivity index (χ0) is 12.7. The molecule has 2 aromatic rings. The molecule has 0 aromatic heterocycles. The van der Waals surface area contributed by atoms with Crippen molar-refractivity contribution < 1.29 is 9.53 Å². The standard InChI is InChI=1S/C16H12O2/c1-10(2)16(17)18-14-9-12-7-3-5-11-6-4-8-13(14)15(11)12/h3-9H,1H2,2H3. The summed E-state index contributed by atoms with van der Waals surface area (Å²) in [5.41, 5.74) is 2.46. The topological polar surface area (TPSA) is 26.3 Å². The van der Waals surface area contributed by atoms with Gasteiger partial charge in [0, 0.05) is 11.1 Å². The lowest BCUT2D eigenvalue weighted by Crippen LogP contribution is -2.03. The van der Waals surface area contributed by atoms with Gasteiger partial charge < -0.3 is 4.74 Å². The lowest BCUT2D eigenvalue weighted by molar-refractivity contribution is -0.132. The van der Waals surface area contributed by atoms with Crippen molar-refractivity contribution in [3.05, 3.63) is 59.7 Å². The third kappa shape index (κ3) is 1.54. The highest BCUT2D eigenvalue weighted by atomic mass is 16.5. The Bertz CT molecular complexity index is 703. The molecule has 0 N–H and O–H groups in total. The van der Waals surface area contributed by atoms with Crippen molar-refractivity contribution in [1.82, 2.24) is 0 Å². The number of ether oxygens (including phenoxy) is 1. The van der Waals surface area contributed by atoms with Crippen LogP contribution in [0.3, 0.4) is 0 Å². The highest BCUT2D eigenvalue weighted by Crippen LogP contribution is 2.37. The first-order chi connectivity index (χ1) is 8.66. The second-order valence-corrected chi connectivity index (χ2v) is 4.43. The lowest BCUT2D eigenvalue weighted by Gasteiger charge is -2.06. The third-order valence-corrected chi connectivity index (χ3v) is 3.04. The highest BCUT2D eigenvalue weighted by molar-refractivity contribution is 6.09. The summed E-state index contributed by atoms with van der Waals surface area (Å²) in [6.07, 6.45) is 1.90. The molecule has 0 aliphatic heterocycles. The van der Waals surface area contributed by atoms with E-state index in [-0.39, 0.29) is 5.97 Å². The van der Waals surface area contributed by atoms with Gasteiger partial charge in [0.25, 0.3) is 0 Å². The smallest absolute Gasteiger partial charge is 0.338 e. The first-order valence-electron chi connectivity index (χ1n) is 5.78. The van der Waals surface area contributed by atoms with Crippen LogP contribution in [-0.2, 0) is 9.53 Å². The molecule has 2 heteroatoms. The van der Waals surface area contributed by atoms with Gasteiger partial charge in [-0.25, -0.2) is 4.79 Å². The molecule has 0 fully saturated rings. The Kier molecular flexibility index (Phi) is 2.30. The number of carbonyl (C=O) groups excluding carboxylic acids is 1. The van der Waals surface area contributed by atoms with E-state index in [2.05, 4.69) is 18.7 Å². The van der Waals surface area contributed by atoms with Crippen LogP contribution >= 0.6 is 0 Å². The Balaban J connectivity index is 2.10. The number of rotatable bonds is 2. The van der Waals surface area contributed by atoms with Crippen molar-refractivity contribution in [2.24, 2.45) is 0 Å². The molecule has 0 amide bonds. The second kappa shape index (κ2) is 3.84. The van der Waals surface area contributed by atoms with Gasteiger partial charge >= 0.3 is 5.97 Å². The highest BCUT2D eigenvalue weighted by Gasteiger charge is 2.19. The monoisotopic (exact) mass is 236 g/mol. The Morgan fingerprint density at radius 2 is 1.89 bits per heavy atom. The number of carbonyl (C=O) groups is 1. The summed E-state index contributed by atoms with van der Waals surface area (Å²) in [6, 6.07) is 12.1. The number of esters is 1. The third-order valence-electron chi connectivity index (χ3n) is 3.04. The van der Waals surface area contributed by atoms with E-state index in [0.29, 0.717) is 11.3 Å². The van der Waals surface area contributed by atoms with Crippen LogP contribution in [0.5, 0.6) is 0 Å². The van der Waals surface area contributed by atoms with Gasteiger partial charge in [-0.05, 0) is 29.3 Å². The van der Waals surface area contributed by atoms with E-state index in [4.69, 9.17) is 4.74 Å². The molecule has 88 valence electrons. The van der Waals surface area contributed by atoms with E-state index in [1.54, 1.807) is 6.92 Å². The molecule has 0 radical (unpaired) electrons. The van der Waals surface area contributed by atoms with E-state index in [0.717, 1.165) is 21.9 Å². The van der Waals surface area contributed by atoms with Crippen LogP contribution in [0, 0.1) is 0 Å². The van der Waals surface area contributed by atoms with Crippen LogP contribution in [-0.4, -0.2) is 5.97 Å². The predicted molar refractivity (Wildman–Crippen MR) is 72.7 cm³/mol. The molecule has 0 saturated heterocycles. The van der Waals surface area contributed by atoms with Crippen molar-refractivity contribution in [2.45, 2.75) is 6.92 Å². The van der Waals surface area contributed by atoms with Gasteiger partial charge in [0.05, 0.1) is 0 Å². The zero-order valence-corrected chi connectivity index (χ0v) is 10.1. The summed E-state index contributed by atoms with van der Waals surface area (Å²) >= 11 is 0. The van der Waals surface area contributed by atoms with Crippen molar-refractivity contribution in [1.29, 1.82) is 0 Å². The number of hydrogen-bond donors (Lipinski definition) is 0. The van der Waals surface area contributed by atoms with Crippen LogP contribution in [0.1, 0.15) is 18.1 Å². The summed E-state index contributed by atoms with van der Waals surface area (Å²) in [4.78, 5) is 11.6. The SMILES string of the molecule is C=C(C)C(=O)OC1=Cc2cccc3cccc1c23. The maximum Gasteiger partial charge on any atom is 0.338 e. The molecule has 3 rings (SSSR count). The number of hydrogen-bond acceptors (Lipinski definition) is 2. The molecule has 1 aliphatic carbocycles.